The van der Waals surface area contributed by atoms with Crippen molar-refractivity contribution in [1.29, 1.82) is 0 Å². The van der Waals surface area contributed by atoms with Crippen LogP contribution in [0.15, 0.2) is 121 Å². The van der Waals surface area contributed by atoms with Crippen molar-refractivity contribution in [3.8, 4) is 0 Å². The van der Waals surface area contributed by atoms with Crippen molar-refractivity contribution in [2.24, 2.45) is 0 Å². The lowest BCUT2D eigenvalue weighted by Crippen LogP contribution is -2.65. The molecule has 0 amide bonds. The van der Waals surface area contributed by atoms with Gasteiger partial charge in [-0.2, -0.15) is 0 Å². The first kappa shape index (κ1) is 37.2. The second-order valence-corrected chi connectivity index (χ2v) is 12.6. The van der Waals surface area contributed by atoms with E-state index in [-0.39, 0.29) is 26.4 Å². The third kappa shape index (κ3) is 9.86. The summed E-state index contributed by atoms with van der Waals surface area (Å²) >= 11 is 0. The molecule has 6 rings (SSSR count). The molecule has 0 aromatic heterocycles. The zero-order chi connectivity index (χ0) is 35.4. The van der Waals surface area contributed by atoms with E-state index >= 15 is 0 Å². The SMILES string of the molecule is OC[C@H]1O[C@H](O[C@H]2O[C@H](CO)[C@@H](O)[C@H](OCc3ccccc3)[C@H]2OCc2ccccc2)[C@H](OCc2ccccc2)[C@@H](OCc2ccccc2)[C@@H]1O. The van der Waals surface area contributed by atoms with E-state index in [0.717, 1.165) is 22.3 Å². The monoisotopic (exact) mass is 702 g/mol. The molecule has 11 nitrogen and oxygen atoms in total. The van der Waals surface area contributed by atoms with E-state index in [1.165, 1.54) is 0 Å². The van der Waals surface area contributed by atoms with Crippen molar-refractivity contribution in [3.05, 3.63) is 144 Å². The lowest BCUT2D eigenvalue weighted by Gasteiger charge is -2.48. The summed E-state index contributed by atoms with van der Waals surface area (Å²) in [5, 5.41) is 43.4. The highest BCUT2D eigenvalue weighted by Crippen LogP contribution is 2.34. The fourth-order valence-corrected chi connectivity index (χ4v) is 6.24. The molecule has 2 fully saturated rings. The van der Waals surface area contributed by atoms with Crippen molar-refractivity contribution in [2.45, 2.75) is 87.8 Å². The van der Waals surface area contributed by atoms with Gasteiger partial charge in [0.05, 0.1) is 39.6 Å². The summed E-state index contributed by atoms with van der Waals surface area (Å²) in [5.41, 5.74) is 3.48. The van der Waals surface area contributed by atoms with Gasteiger partial charge in [0.2, 0.25) is 0 Å². The number of hydrogen-bond acceptors (Lipinski definition) is 11. The number of aliphatic hydroxyl groups excluding tert-OH is 4. The Morgan fingerprint density at radius 2 is 0.686 bits per heavy atom. The molecule has 0 saturated carbocycles. The molecule has 0 spiro atoms. The van der Waals surface area contributed by atoms with Gasteiger partial charge >= 0.3 is 0 Å². The molecule has 10 atom stereocenters. The first-order valence-corrected chi connectivity index (χ1v) is 17.2. The van der Waals surface area contributed by atoms with E-state index in [4.69, 9.17) is 33.2 Å². The normalized spacial score (nSPS) is 29.5. The molecule has 2 heterocycles. The van der Waals surface area contributed by atoms with Gasteiger partial charge in [-0.1, -0.05) is 121 Å². The summed E-state index contributed by atoms with van der Waals surface area (Å²) in [4.78, 5) is 0. The summed E-state index contributed by atoms with van der Waals surface area (Å²) in [6, 6.07) is 38.0. The van der Waals surface area contributed by atoms with Crippen LogP contribution in [0.5, 0.6) is 0 Å². The van der Waals surface area contributed by atoms with Crippen molar-refractivity contribution in [1.82, 2.24) is 0 Å². The van der Waals surface area contributed by atoms with Gasteiger partial charge in [0, 0.05) is 0 Å². The van der Waals surface area contributed by atoms with Gasteiger partial charge < -0.3 is 53.6 Å². The first-order valence-electron chi connectivity index (χ1n) is 17.2. The highest BCUT2D eigenvalue weighted by Gasteiger charge is 2.52. The van der Waals surface area contributed by atoms with Gasteiger partial charge in [-0.05, 0) is 22.3 Å². The maximum Gasteiger partial charge on any atom is 0.190 e. The number of benzene rings is 4. The van der Waals surface area contributed by atoms with Crippen molar-refractivity contribution in [3.63, 3.8) is 0 Å². The molecule has 11 heteroatoms. The summed E-state index contributed by atoms with van der Waals surface area (Å²) in [7, 11) is 0. The lowest BCUT2D eigenvalue weighted by atomic mass is 9.97. The Morgan fingerprint density at radius 3 is 0.961 bits per heavy atom. The van der Waals surface area contributed by atoms with Crippen molar-refractivity contribution >= 4 is 0 Å². The van der Waals surface area contributed by atoms with Gasteiger partial charge in [0.1, 0.15) is 48.8 Å². The number of rotatable bonds is 16. The van der Waals surface area contributed by atoms with Crippen molar-refractivity contribution < 1.29 is 53.6 Å². The minimum Gasteiger partial charge on any atom is -0.394 e. The fourth-order valence-electron chi connectivity index (χ4n) is 6.24. The second kappa shape index (κ2) is 18.8. The summed E-state index contributed by atoms with van der Waals surface area (Å²) in [6.07, 6.45) is -11.3. The van der Waals surface area contributed by atoms with E-state index < -0.39 is 74.6 Å². The largest absolute Gasteiger partial charge is 0.394 e. The molecule has 2 aliphatic heterocycles. The molecule has 2 aliphatic rings. The quantitative estimate of drug-likeness (QED) is 0.136. The van der Waals surface area contributed by atoms with Gasteiger partial charge in [0.25, 0.3) is 0 Å². The molecule has 0 bridgehead atoms. The molecule has 0 radical (unpaired) electrons. The first-order chi connectivity index (χ1) is 25.0. The Hall–Kier alpha value is -3.56. The Morgan fingerprint density at radius 1 is 0.412 bits per heavy atom. The van der Waals surface area contributed by atoms with Gasteiger partial charge in [0.15, 0.2) is 12.6 Å². The molecule has 4 aromatic carbocycles. The van der Waals surface area contributed by atoms with E-state index in [9.17, 15) is 20.4 Å². The maximum absolute atomic E-state index is 11.4. The molecule has 0 aliphatic carbocycles. The van der Waals surface area contributed by atoms with E-state index in [2.05, 4.69) is 0 Å². The topological polar surface area (TPSA) is 146 Å². The highest BCUT2D eigenvalue weighted by atomic mass is 16.8. The van der Waals surface area contributed by atoms with Gasteiger partial charge in [-0.25, -0.2) is 0 Å². The molecule has 272 valence electrons. The molecule has 51 heavy (non-hydrogen) atoms. The molecule has 2 saturated heterocycles. The van der Waals surface area contributed by atoms with Gasteiger partial charge in [-0.15, -0.1) is 0 Å². The van der Waals surface area contributed by atoms with Crippen LogP contribution in [0.1, 0.15) is 22.3 Å². The molecule has 0 unspecified atom stereocenters. The number of aliphatic hydroxyl groups is 4. The van der Waals surface area contributed by atoms with Crippen LogP contribution in [-0.4, -0.2) is 95.1 Å². The van der Waals surface area contributed by atoms with Crippen LogP contribution in [0.25, 0.3) is 0 Å². The average Bonchev–Trinajstić information content (AvgIpc) is 3.18. The predicted molar refractivity (Wildman–Crippen MR) is 185 cm³/mol. The molecule has 4 aromatic rings. The standard InChI is InChI=1S/C40H46O11/c41-21-31-33(43)35(45-23-27-13-5-1-6-14-27)37(47-25-29-17-9-3-10-18-29)39(49-31)51-40-38(48-26-30-19-11-4-12-20-30)36(34(44)32(22-42)50-40)46-24-28-15-7-2-8-16-28/h1-20,31-44H,21-26H2/t31-,32-,33-,34-,35+,36+,37-,38-,39-,40-/m1/s1. The van der Waals surface area contributed by atoms with Crippen LogP contribution in [0.3, 0.4) is 0 Å². The molecule has 4 N–H and O–H groups in total. The second-order valence-electron chi connectivity index (χ2n) is 12.6. The van der Waals surface area contributed by atoms with Crippen molar-refractivity contribution in [2.75, 3.05) is 13.2 Å². The Bertz CT molecular complexity index is 1430. The smallest absolute Gasteiger partial charge is 0.190 e. The Kier molecular flexibility index (Phi) is 13.7. The fraction of sp³-hybridized carbons (Fsp3) is 0.400. The number of hydrogen-bond donors (Lipinski definition) is 4. The van der Waals surface area contributed by atoms with Gasteiger partial charge in [-0.3, -0.25) is 0 Å². The van der Waals surface area contributed by atoms with E-state index in [0.29, 0.717) is 0 Å². The average molecular weight is 703 g/mol. The number of ether oxygens (including phenoxy) is 7. The van der Waals surface area contributed by atoms with Crippen LogP contribution >= 0.6 is 0 Å². The summed E-state index contributed by atoms with van der Waals surface area (Å²) < 4.78 is 44.4. The van der Waals surface area contributed by atoms with Crippen LogP contribution in [-0.2, 0) is 59.6 Å². The highest BCUT2D eigenvalue weighted by molar-refractivity contribution is 5.16. The predicted octanol–water partition coefficient (Wildman–Crippen LogP) is 3.50. The van der Waals surface area contributed by atoms with Crippen LogP contribution < -0.4 is 0 Å². The zero-order valence-electron chi connectivity index (χ0n) is 28.2. The minimum atomic E-state index is -1.27. The summed E-state index contributed by atoms with van der Waals surface area (Å²) in [6.45, 7) is -0.492. The van der Waals surface area contributed by atoms with E-state index in [1.807, 2.05) is 121 Å². The zero-order valence-corrected chi connectivity index (χ0v) is 28.2. The third-order valence-corrected chi connectivity index (χ3v) is 9.01. The maximum atomic E-state index is 11.4. The van der Waals surface area contributed by atoms with E-state index in [1.54, 1.807) is 0 Å². The minimum absolute atomic E-state index is 0.136. The van der Waals surface area contributed by atoms with Crippen LogP contribution in [0, 0.1) is 0 Å². The third-order valence-electron chi connectivity index (χ3n) is 9.01. The Balaban J connectivity index is 1.30. The van der Waals surface area contributed by atoms with Crippen LogP contribution in [0.4, 0.5) is 0 Å². The molecular weight excluding hydrogens is 656 g/mol. The van der Waals surface area contributed by atoms with Crippen LogP contribution in [0.2, 0.25) is 0 Å². The Labute approximate surface area is 297 Å². The molecular formula is C40H46O11. The lowest BCUT2D eigenvalue weighted by molar-refractivity contribution is -0.389. The summed E-state index contributed by atoms with van der Waals surface area (Å²) in [5.74, 6) is 0.